The number of benzene rings is 1. The maximum atomic E-state index is 12.0. The number of halogens is 2. The highest BCUT2D eigenvalue weighted by Crippen LogP contribution is 2.39. The molecule has 1 unspecified atom stereocenters. The van der Waals surface area contributed by atoms with E-state index in [4.69, 9.17) is 5.73 Å². The lowest BCUT2D eigenvalue weighted by Gasteiger charge is -2.31. The number of hydrogen-bond acceptors (Lipinski definition) is 1. The standard InChI is InChI=1S/C14H19Br2NO/c1-3-5-8-14(4-2,13(17)18)11-9-10(15)6-7-12(11)16/h6-7,9H,3-5,8H2,1-2H3,(H2,17,18). The molecule has 2 N–H and O–H groups in total. The van der Waals surface area contributed by atoms with Crippen molar-refractivity contribution in [3.8, 4) is 0 Å². The van der Waals surface area contributed by atoms with Gasteiger partial charge in [0.1, 0.15) is 0 Å². The molecule has 0 aliphatic heterocycles. The molecule has 1 amide bonds. The molecule has 0 heterocycles. The van der Waals surface area contributed by atoms with Crippen molar-refractivity contribution in [2.45, 2.75) is 44.9 Å². The molecule has 0 spiro atoms. The van der Waals surface area contributed by atoms with E-state index in [2.05, 4.69) is 38.8 Å². The molecule has 1 rings (SSSR count). The molecule has 0 aliphatic carbocycles. The van der Waals surface area contributed by atoms with Crippen LogP contribution in [0.1, 0.15) is 45.1 Å². The summed E-state index contributed by atoms with van der Waals surface area (Å²) in [5, 5.41) is 0. The van der Waals surface area contributed by atoms with Gasteiger partial charge in [-0.1, -0.05) is 58.5 Å². The Labute approximate surface area is 126 Å². The molecule has 18 heavy (non-hydrogen) atoms. The summed E-state index contributed by atoms with van der Waals surface area (Å²) in [5.74, 6) is -0.239. The van der Waals surface area contributed by atoms with Crippen molar-refractivity contribution in [3.05, 3.63) is 32.7 Å². The van der Waals surface area contributed by atoms with Crippen molar-refractivity contribution in [2.75, 3.05) is 0 Å². The van der Waals surface area contributed by atoms with Crippen LogP contribution in [0, 0.1) is 0 Å². The Morgan fingerprint density at radius 1 is 1.33 bits per heavy atom. The van der Waals surface area contributed by atoms with Crippen molar-refractivity contribution < 1.29 is 4.79 Å². The predicted octanol–water partition coefficient (Wildman–Crippen LogP) is 4.53. The molecule has 1 aromatic rings. The van der Waals surface area contributed by atoms with Crippen LogP contribution in [0.15, 0.2) is 27.1 Å². The van der Waals surface area contributed by atoms with Gasteiger partial charge in [-0.2, -0.15) is 0 Å². The van der Waals surface area contributed by atoms with Crippen LogP contribution in [0.4, 0.5) is 0 Å². The first-order valence-corrected chi connectivity index (χ1v) is 7.82. The highest BCUT2D eigenvalue weighted by atomic mass is 79.9. The van der Waals surface area contributed by atoms with Gasteiger partial charge in [-0.3, -0.25) is 4.79 Å². The Morgan fingerprint density at radius 3 is 2.50 bits per heavy atom. The minimum Gasteiger partial charge on any atom is -0.369 e. The van der Waals surface area contributed by atoms with Gasteiger partial charge in [-0.05, 0) is 36.6 Å². The number of primary amides is 1. The number of rotatable bonds is 6. The fourth-order valence-corrected chi connectivity index (χ4v) is 3.26. The second-order valence-electron chi connectivity index (χ2n) is 4.53. The molecule has 4 heteroatoms. The summed E-state index contributed by atoms with van der Waals surface area (Å²) >= 11 is 7.00. The second-order valence-corrected chi connectivity index (χ2v) is 6.30. The van der Waals surface area contributed by atoms with Crippen LogP contribution < -0.4 is 5.73 Å². The number of carbonyl (C=O) groups is 1. The van der Waals surface area contributed by atoms with Crippen molar-refractivity contribution >= 4 is 37.8 Å². The van der Waals surface area contributed by atoms with Gasteiger partial charge in [0.05, 0.1) is 5.41 Å². The van der Waals surface area contributed by atoms with E-state index < -0.39 is 5.41 Å². The summed E-state index contributed by atoms with van der Waals surface area (Å²) in [5.41, 5.74) is 6.11. The van der Waals surface area contributed by atoms with Crippen LogP contribution in [-0.4, -0.2) is 5.91 Å². The number of unbranched alkanes of at least 4 members (excludes halogenated alkanes) is 1. The highest BCUT2D eigenvalue weighted by molar-refractivity contribution is 9.11. The Kier molecular flexibility index (Phi) is 5.86. The molecule has 0 fully saturated rings. The van der Waals surface area contributed by atoms with Gasteiger partial charge in [-0.15, -0.1) is 0 Å². The molecule has 0 radical (unpaired) electrons. The first kappa shape index (κ1) is 15.7. The first-order valence-electron chi connectivity index (χ1n) is 6.23. The Morgan fingerprint density at radius 2 is 2.00 bits per heavy atom. The third kappa shape index (κ3) is 3.15. The van der Waals surface area contributed by atoms with Crippen molar-refractivity contribution in [1.29, 1.82) is 0 Å². The molecule has 100 valence electrons. The molecule has 0 aliphatic rings. The van der Waals surface area contributed by atoms with Crippen LogP contribution in [0.3, 0.4) is 0 Å². The van der Waals surface area contributed by atoms with Crippen LogP contribution in [-0.2, 0) is 10.2 Å². The maximum Gasteiger partial charge on any atom is 0.228 e. The van der Waals surface area contributed by atoms with Crippen LogP contribution in [0.5, 0.6) is 0 Å². The van der Waals surface area contributed by atoms with Crippen molar-refractivity contribution in [3.63, 3.8) is 0 Å². The average molecular weight is 377 g/mol. The average Bonchev–Trinajstić information content (AvgIpc) is 2.34. The lowest BCUT2D eigenvalue weighted by Crippen LogP contribution is -2.41. The molecule has 0 saturated heterocycles. The summed E-state index contributed by atoms with van der Waals surface area (Å²) in [6.45, 7) is 4.14. The highest BCUT2D eigenvalue weighted by Gasteiger charge is 2.37. The Bertz CT molecular complexity index is 434. The van der Waals surface area contributed by atoms with E-state index >= 15 is 0 Å². The lowest BCUT2D eigenvalue weighted by atomic mass is 9.73. The number of nitrogens with two attached hydrogens (primary N) is 1. The maximum absolute atomic E-state index is 12.0. The number of amides is 1. The molecular weight excluding hydrogens is 358 g/mol. The van der Waals surface area contributed by atoms with Crippen LogP contribution in [0.2, 0.25) is 0 Å². The van der Waals surface area contributed by atoms with E-state index in [-0.39, 0.29) is 5.91 Å². The third-order valence-electron chi connectivity index (χ3n) is 3.48. The quantitative estimate of drug-likeness (QED) is 0.778. The fourth-order valence-electron chi connectivity index (χ4n) is 2.27. The Hall–Kier alpha value is -0.350. The van der Waals surface area contributed by atoms with Gasteiger partial charge >= 0.3 is 0 Å². The summed E-state index contributed by atoms with van der Waals surface area (Å²) in [7, 11) is 0. The van der Waals surface area contributed by atoms with E-state index in [9.17, 15) is 4.79 Å². The van der Waals surface area contributed by atoms with Crippen LogP contribution >= 0.6 is 31.9 Å². The van der Waals surface area contributed by atoms with E-state index in [0.29, 0.717) is 0 Å². The predicted molar refractivity (Wildman–Crippen MR) is 82.5 cm³/mol. The summed E-state index contributed by atoms with van der Waals surface area (Å²) < 4.78 is 1.92. The third-order valence-corrected chi connectivity index (χ3v) is 4.66. The SMILES string of the molecule is CCCCC(CC)(C(N)=O)c1cc(Br)ccc1Br. The minimum absolute atomic E-state index is 0.239. The zero-order valence-electron chi connectivity index (χ0n) is 10.8. The van der Waals surface area contributed by atoms with Crippen LogP contribution in [0.25, 0.3) is 0 Å². The van der Waals surface area contributed by atoms with E-state index in [1.54, 1.807) is 0 Å². The molecule has 0 saturated carbocycles. The zero-order valence-corrected chi connectivity index (χ0v) is 14.0. The zero-order chi connectivity index (χ0) is 13.8. The molecule has 1 aromatic carbocycles. The summed E-state index contributed by atoms with van der Waals surface area (Å²) in [6.07, 6.45) is 3.57. The molecule has 1 atom stereocenters. The lowest BCUT2D eigenvalue weighted by molar-refractivity contribution is -0.124. The molecule has 2 nitrogen and oxygen atoms in total. The minimum atomic E-state index is -0.571. The monoisotopic (exact) mass is 375 g/mol. The number of carbonyl (C=O) groups excluding carboxylic acids is 1. The molecule has 0 aromatic heterocycles. The van der Waals surface area contributed by atoms with Crippen molar-refractivity contribution in [1.82, 2.24) is 0 Å². The van der Waals surface area contributed by atoms with E-state index in [1.807, 2.05) is 25.1 Å². The Balaban J connectivity index is 3.32. The normalized spacial score (nSPS) is 14.2. The fraction of sp³-hybridized carbons (Fsp3) is 0.500. The second kappa shape index (κ2) is 6.71. The molecule has 0 bridgehead atoms. The van der Waals surface area contributed by atoms with Gasteiger partial charge in [0.2, 0.25) is 5.91 Å². The first-order chi connectivity index (χ1) is 8.47. The van der Waals surface area contributed by atoms with Gasteiger partial charge in [-0.25, -0.2) is 0 Å². The summed E-state index contributed by atoms with van der Waals surface area (Å²) in [6, 6.07) is 5.90. The van der Waals surface area contributed by atoms with Crippen molar-refractivity contribution in [2.24, 2.45) is 5.73 Å². The smallest absolute Gasteiger partial charge is 0.228 e. The molecular formula is C14H19Br2NO. The van der Waals surface area contributed by atoms with Gasteiger partial charge < -0.3 is 5.73 Å². The topological polar surface area (TPSA) is 43.1 Å². The van der Waals surface area contributed by atoms with Gasteiger partial charge in [0.15, 0.2) is 0 Å². The van der Waals surface area contributed by atoms with Gasteiger partial charge in [0.25, 0.3) is 0 Å². The summed E-state index contributed by atoms with van der Waals surface area (Å²) in [4.78, 5) is 12.0. The van der Waals surface area contributed by atoms with E-state index in [0.717, 1.165) is 40.2 Å². The number of hydrogen-bond donors (Lipinski definition) is 1. The van der Waals surface area contributed by atoms with E-state index in [1.165, 1.54) is 0 Å². The largest absolute Gasteiger partial charge is 0.369 e. The van der Waals surface area contributed by atoms with Gasteiger partial charge in [0, 0.05) is 8.95 Å².